The summed E-state index contributed by atoms with van der Waals surface area (Å²) in [5.74, 6) is -0.592. The number of Topliss-reactive ketones (excluding diaryl/α,β-unsaturated/α-hetero) is 2. The highest BCUT2D eigenvalue weighted by atomic mass is 16.2. The Kier molecular flexibility index (Phi) is 3.66. The molecule has 0 atom stereocenters. The molecular formula is C21H26N2O4. The second-order valence-electron chi connectivity index (χ2n) is 8.91. The van der Waals surface area contributed by atoms with Gasteiger partial charge in [-0.25, -0.2) is 0 Å². The van der Waals surface area contributed by atoms with Gasteiger partial charge >= 0.3 is 0 Å². The van der Waals surface area contributed by atoms with E-state index >= 15 is 0 Å². The standard InChI is InChI=1S/C21H26N2O4/c24-15-14-16(25)21(10-5-2-6-11-21)19(27)23-13-7-12-22(17(14)23)18(26)20(15)8-3-1-4-9-20/h1-13H2. The lowest BCUT2D eigenvalue weighted by Gasteiger charge is -2.53. The summed E-state index contributed by atoms with van der Waals surface area (Å²) < 4.78 is 0. The average molecular weight is 370 g/mol. The van der Waals surface area contributed by atoms with Crippen LogP contribution in [0, 0.1) is 10.8 Å². The second-order valence-corrected chi connectivity index (χ2v) is 8.91. The Bertz CT molecular complexity index is 722. The summed E-state index contributed by atoms with van der Waals surface area (Å²) in [5.41, 5.74) is -1.95. The maximum atomic E-state index is 13.7. The monoisotopic (exact) mass is 370 g/mol. The SMILES string of the molecule is O=C1C2=C3N(CCCN3C(=O)C3(CCCCC3)C2=O)C(=O)C12CCCCC2. The van der Waals surface area contributed by atoms with E-state index in [0.717, 1.165) is 38.5 Å². The first-order valence-corrected chi connectivity index (χ1v) is 10.5. The summed E-state index contributed by atoms with van der Waals surface area (Å²) in [6.07, 6.45) is 8.25. The smallest absolute Gasteiger partial charge is 0.242 e. The molecule has 2 saturated carbocycles. The van der Waals surface area contributed by atoms with Gasteiger partial charge < -0.3 is 0 Å². The maximum Gasteiger partial charge on any atom is 0.242 e. The number of hydrogen-bond donors (Lipinski definition) is 0. The Labute approximate surface area is 158 Å². The van der Waals surface area contributed by atoms with Crippen LogP contribution in [0.3, 0.4) is 0 Å². The lowest BCUT2D eigenvalue weighted by atomic mass is 9.60. The maximum absolute atomic E-state index is 13.7. The van der Waals surface area contributed by atoms with Crippen molar-refractivity contribution in [1.29, 1.82) is 0 Å². The number of nitrogens with zero attached hydrogens (tertiary/aromatic N) is 2. The normalized spacial score (nSPS) is 29.6. The van der Waals surface area contributed by atoms with E-state index in [2.05, 4.69) is 0 Å². The summed E-state index contributed by atoms with van der Waals surface area (Å²) in [7, 11) is 0. The van der Waals surface area contributed by atoms with E-state index in [9.17, 15) is 19.2 Å². The molecule has 2 spiro atoms. The van der Waals surface area contributed by atoms with E-state index < -0.39 is 10.8 Å². The molecule has 3 fully saturated rings. The molecule has 0 unspecified atom stereocenters. The van der Waals surface area contributed by atoms with Gasteiger partial charge in [-0.3, -0.25) is 29.0 Å². The van der Waals surface area contributed by atoms with Gasteiger partial charge in [0.2, 0.25) is 11.8 Å². The van der Waals surface area contributed by atoms with Crippen LogP contribution >= 0.6 is 0 Å². The minimum Gasteiger partial charge on any atom is -0.296 e. The van der Waals surface area contributed by atoms with Gasteiger partial charge in [-0.15, -0.1) is 0 Å². The van der Waals surface area contributed by atoms with Crippen LogP contribution in [0.4, 0.5) is 0 Å². The molecule has 0 bridgehead atoms. The third-order valence-electron chi connectivity index (χ3n) is 7.55. The molecule has 3 aliphatic heterocycles. The predicted octanol–water partition coefficient (Wildman–Crippen LogP) is 2.33. The van der Waals surface area contributed by atoms with Crippen LogP contribution in [0.1, 0.15) is 70.6 Å². The molecule has 144 valence electrons. The van der Waals surface area contributed by atoms with Gasteiger partial charge in [0.1, 0.15) is 22.2 Å². The molecule has 0 radical (unpaired) electrons. The van der Waals surface area contributed by atoms with Crippen molar-refractivity contribution in [2.24, 2.45) is 10.8 Å². The summed E-state index contributed by atoms with van der Waals surface area (Å²) in [6.45, 7) is 0.994. The molecule has 2 amide bonds. The van der Waals surface area contributed by atoms with Crippen LogP contribution in [-0.4, -0.2) is 46.3 Å². The Morgan fingerprint density at radius 3 is 1.37 bits per heavy atom. The van der Waals surface area contributed by atoms with Crippen LogP contribution in [0.2, 0.25) is 0 Å². The fourth-order valence-electron chi connectivity index (χ4n) is 6.10. The molecular weight excluding hydrogens is 344 g/mol. The third kappa shape index (κ3) is 2.02. The second kappa shape index (κ2) is 5.76. The van der Waals surface area contributed by atoms with Gasteiger partial charge in [0.25, 0.3) is 0 Å². The topological polar surface area (TPSA) is 74.8 Å². The van der Waals surface area contributed by atoms with Crippen molar-refractivity contribution in [3.05, 3.63) is 11.4 Å². The minimum absolute atomic E-state index is 0.171. The summed E-state index contributed by atoms with van der Waals surface area (Å²) >= 11 is 0. The Morgan fingerprint density at radius 2 is 0.963 bits per heavy atom. The number of rotatable bonds is 0. The van der Waals surface area contributed by atoms with Crippen LogP contribution in [0.15, 0.2) is 11.4 Å². The molecule has 2 aliphatic carbocycles. The van der Waals surface area contributed by atoms with E-state index in [4.69, 9.17) is 0 Å². The minimum atomic E-state index is -1.06. The number of hydrogen-bond acceptors (Lipinski definition) is 4. The van der Waals surface area contributed by atoms with Crippen molar-refractivity contribution in [3.8, 4) is 0 Å². The van der Waals surface area contributed by atoms with Gasteiger partial charge in [0, 0.05) is 13.1 Å². The highest BCUT2D eigenvalue weighted by Gasteiger charge is 2.64. The van der Waals surface area contributed by atoms with Crippen molar-refractivity contribution in [2.45, 2.75) is 70.6 Å². The van der Waals surface area contributed by atoms with Crippen molar-refractivity contribution in [2.75, 3.05) is 13.1 Å². The highest BCUT2D eigenvalue weighted by molar-refractivity contribution is 6.35. The number of amides is 2. The number of ketones is 2. The first kappa shape index (κ1) is 17.1. The molecule has 6 nitrogen and oxygen atoms in total. The van der Waals surface area contributed by atoms with Crippen LogP contribution in [0.25, 0.3) is 0 Å². The van der Waals surface area contributed by atoms with Crippen LogP contribution in [-0.2, 0) is 19.2 Å². The van der Waals surface area contributed by atoms with Gasteiger partial charge in [-0.2, -0.15) is 0 Å². The van der Waals surface area contributed by atoms with Crippen molar-refractivity contribution < 1.29 is 19.2 Å². The van der Waals surface area contributed by atoms with Gasteiger partial charge in [-0.1, -0.05) is 38.5 Å². The molecule has 0 aromatic heterocycles. The van der Waals surface area contributed by atoms with Crippen molar-refractivity contribution in [3.63, 3.8) is 0 Å². The van der Waals surface area contributed by atoms with Gasteiger partial charge in [-0.05, 0) is 32.1 Å². The lowest BCUT2D eigenvalue weighted by molar-refractivity contribution is -0.163. The predicted molar refractivity (Wildman–Crippen MR) is 96.1 cm³/mol. The van der Waals surface area contributed by atoms with Crippen molar-refractivity contribution in [1.82, 2.24) is 9.80 Å². The lowest BCUT2D eigenvalue weighted by Crippen LogP contribution is -2.66. The zero-order valence-corrected chi connectivity index (χ0v) is 15.7. The van der Waals surface area contributed by atoms with Gasteiger partial charge in [0.05, 0.1) is 0 Å². The molecule has 1 saturated heterocycles. The molecule has 27 heavy (non-hydrogen) atoms. The largest absolute Gasteiger partial charge is 0.296 e. The molecule has 3 heterocycles. The fraction of sp³-hybridized carbons (Fsp3) is 0.714. The van der Waals surface area contributed by atoms with E-state index in [1.165, 1.54) is 0 Å². The molecule has 0 aromatic carbocycles. The van der Waals surface area contributed by atoms with Crippen LogP contribution in [0.5, 0.6) is 0 Å². The summed E-state index contributed by atoms with van der Waals surface area (Å²) in [6, 6.07) is 0. The highest BCUT2D eigenvalue weighted by Crippen LogP contribution is 2.52. The molecule has 5 aliphatic rings. The number of carbonyl (C=O) groups excluding carboxylic acids is 4. The Balaban J connectivity index is 1.70. The average Bonchev–Trinajstić information content (AvgIpc) is 2.72. The van der Waals surface area contributed by atoms with E-state index in [-0.39, 0.29) is 29.0 Å². The van der Waals surface area contributed by atoms with Crippen molar-refractivity contribution >= 4 is 23.4 Å². The zero-order chi connectivity index (χ0) is 18.8. The fourth-order valence-corrected chi connectivity index (χ4v) is 6.10. The molecule has 5 rings (SSSR count). The first-order chi connectivity index (χ1) is 13.0. The summed E-state index contributed by atoms with van der Waals surface area (Å²) in [5, 5.41) is 0. The van der Waals surface area contributed by atoms with Crippen LogP contribution < -0.4 is 0 Å². The number of carbonyl (C=O) groups is 4. The van der Waals surface area contributed by atoms with E-state index in [1.54, 1.807) is 9.80 Å². The molecule has 6 heteroatoms. The number of allylic oxidation sites excluding steroid dienone is 1. The summed E-state index contributed by atoms with van der Waals surface area (Å²) in [4.78, 5) is 57.3. The van der Waals surface area contributed by atoms with Gasteiger partial charge in [0.15, 0.2) is 11.6 Å². The Hall–Kier alpha value is -1.98. The Morgan fingerprint density at radius 1 is 0.556 bits per heavy atom. The molecule has 0 aromatic rings. The molecule has 0 N–H and O–H groups in total. The van der Waals surface area contributed by atoms with E-state index in [1.807, 2.05) is 0 Å². The third-order valence-corrected chi connectivity index (χ3v) is 7.55. The first-order valence-electron chi connectivity index (χ1n) is 10.5. The quantitative estimate of drug-likeness (QED) is 0.484. The van der Waals surface area contributed by atoms with E-state index in [0.29, 0.717) is 51.0 Å². The zero-order valence-electron chi connectivity index (χ0n) is 15.7.